The average molecular weight is 998 g/mol. The first-order chi connectivity index (χ1) is 30.6. The fraction of sp³-hybridized carbons (Fsp3) is 0.840. The Bertz CT molecular complexity index is 1470. The Labute approximate surface area is 420 Å². The highest BCUT2D eigenvalue weighted by Gasteiger charge is 2.46. The second kappa shape index (κ2) is 30.5. The number of amides is 4. The van der Waals surface area contributed by atoms with Crippen molar-refractivity contribution in [2.75, 3.05) is 47.1 Å². The summed E-state index contributed by atoms with van der Waals surface area (Å²) in [7, 11) is 7.19. The second-order valence-corrected chi connectivity index (χ2v) is 19.5. The number of hydrogen-bond acceptors (Lipinski definition) is 15. The summed E-state index contributed by atoms with van der Waals surface area (Å²) in [4.78, 5) is 102. The molecule has 0 spiro atoms. The van der Waals surface area contributed by atoms with Crippen molar-refractivity contribution >= 4 is 58.5 Å². The number of carbonyl (C=O) groups excluding carboxylic acids is 8. The Balaban J connectivity index is 0.000000872. The highest BCUT2D eigenvalue weighted by molar-refractivity contribution is 7.99. The van der Waals surface area contributed by atoms with E-state index in [9.17, 15) is 38.4 Å². The zero-order valence-corrected chi connectivity index (χ0v) is 40.1. The number of hydrogen-bond donors (Lipinski definition) is 5. The summed E-state index contributed by atoms with van der Waals surface area (Å²) in [5.41, 5.74) is 0. The second-order valence-electron chi connectivity index (χ2n) is 18.2. The van der Waals surface area contributed by atoms with E-state index in [1.807, 2.05) is 35.7 Å². The standard InChI is InChI=1S/C12H20N2O2.C11H19N3O2.C11H18N2O3.C11H18N2O2S.5CH4/c1-8(15)11-7-6-9-4-3-5-10(13-2)12(16)14(9)11;1-7(15)9-3-4-10-13-6-5-8(12-2)11(16)14(9)10;2*1-7(14)9-3-4-10-13(9)11(15)8(12-2)5-6-16-10;;;;;/h9-11,13H,3-7H2,1-2H3;8-10,12-13H,3-6H2,1-2H3;2*8-10,12H,3-6H2,1-2H3;5*1H4. The first kappa shape index (κ1) is 65.7. The van der Waals surface area contributed by atoms with Crippen LogP contribution in [-0.4, -0.2) is 186 Å². The van der Waals surface area contributed by atoms with E-state index in [0.29, 0.717) is 19.1 Å². The van der Waals surface area contributed by atoms with E-state index in [1.165, 1.54) is 0 Å². The van der Waals surface area contributed by atoms with Crippen LogP contribution < -0.4 is 26.6 Å². The van der Waals surface area contributed by atoms with Crippen LogP contribution in [0.1, 0.15) is 155 Å². The molecule has 12 atom stereocenters. The third-order valence-electron chi connectivity index (χ3n) is 14.3. The minimum Gasteiger partial charge on any atom is -0.358 e. The third kappa shape index (κ3) is 15.3. The van der Waals surface area contributed by atoms with Gasteiger partial charge in [0.2, 0.25) is 23.6 Å². The molecule has 0 bridgehead atoms. The van der Waals surface area contributed by atoms with Gasteiger partial charge in [0.05, 0.1) is 66.5 Å². The Morgan fingerprint density at radius 1 is 0.493 bits per heavy atom. The lowest BCUT2D eigenvalue weighted by Crippen LogP contribution is -2.52. The molecule has 18 nitrogen and oxygen atoms in total. The largest absolute Gasteiger partial charge is 0.358 e. The number of carbonyl (C=O) groups is 8. The first-order valence-electron chi connectivity index (χ1n) is 23.6. The number of fused-ring (bicyclic) bond motifs is 4. The minimum absolute atomic E-state index is 0. The van der Waals surface area contributed by atoms with Crippen LogP contribution in [0.3, 0.4) is 0 Å². The maximum atomic E-state index is 12.3. The molecule has 8 aliphatic rings. The van der Waals surface area contributed by atoms with Crippen LogP contribution in [-0.2, 0) is 43.1 Å². The van der Waals surface area contributed by atoms with Crippen molar-refractivity contribution in [2.24, 2.45) is 0 Å². The molecule has 5 N–H and O–H groups in total. The monoisotopic (exact) mass is 998 g/mol. The predicted octanol–water partition coefficient (Wildman–Crippen LogP) is 3.88. The van der Waals surface area contributed by atoms with Crippen LogP contribution in [0.15, 0.2) is 0 Å². The maximum Gasteiger partial charge on any atom is 0.242 e. The zero-order valence-electron chi connectivity index (χ0n) is 39.3. The Morgan fingerprint density at radius 2 is 0.928 bits per heavy atom. The molecule has 69 heavy (non-hydrogen) atoms. The molecule has 8 fully saturated rings. The van der Waals surface area contributed by atoms with Gasteiger partial charge in [-0.2, -0.15) is 0 Å². The lowest BCUT2D eigenvalue weighted by molar-refractivity contribution is -0.146. The number of nitrogens with one attached hydrogen (secondary N) is 5. The van der Waals surface area contributed by atoms with E-state index in [0.717, 1.165) is 95.8 Å². The van der Waals surface area contributed by atoms with E-state index in [2.05, 4.69) is 26.6 Å². The van der Waals surface area contributed by atoms with Crippen molar-refractivity contribution in [1.29, 1.82) is 0 Å². The van der Waals surface area contributed by atoms with Gasteiger partial charge in [-0.3, -0.25) is 43.7 Å². The smallest absolute Gasteiger partial charge is 0.242 e. The molecular formula is C50H95N9O9S. The molecule has 8 rings (SSSR count). The SMILES string of the molecule is C.C.C.C.C.CNC1CCCC2CCC(C(C)=O)N2C1=O.CNC1CCNC2CCC(C(C)=O)N2C1=O.CNC1CCOC2CCC(C(C)=O)N2C1=O.CNC1CCSC2CCC(C(C)=O)N2C1=O. The predicted molar refractivity (Wildman–Crippen MR) is 277 cm³/mol. The molecule has 0 aromatic rings. The van der Waals surface area contributed by atoms with Crippen molar-refractivity contribution in [3.05, 3.63) is 0 Å². The average Bonchev–Trinajstić information content (AvgIpc) is 4.03. The van der Waals surface area contributed by atoms with E-state index in [-0.39, 0.29) is 150 Å². The number of Topliss-reactive ketones (excluding diaryl/α,β-unsaturated/α-hetero) is 4. The number of ether oxygens (including phenoxy) is 1. The van der Waals surface area contributed by atoms with Gasteiger partial charge in [-0.05, 0) is 158 Å². The van der Waals surface area contributed by atoms with E-state index in [4.69, 9.17) is 4.74 Å². The Kier molecular flexibility index (Phi) is 29.1. The quantitative estimate of drug-likeness (QED) is 0.233. The number of nitrogens with zero attached hydrogens (tertiary/aromatic N) is 4. The van der Waals surface area contributed by atoms with Gasteiger partial charge in [-0.1, -0.05) is 37.1 Å². The van der Waals surface area contributed by atoms with Gasteiger partial charge < -0.3 is 45.6 Å². The summed E-state index contributed by atoms with van der Waals surface area (Å²) in [6.45, 7) is 7.69. The molecule has 19 heteroatoms. The third-order valence-corrected chi connectivity index (χ3v) is 15.6. The summed E-state index contributed by atoms with van der Waals surface area (Å²) in [5, 5.41) is 15.7. The number of likely N-dealkylation sites (N-methyl/N-ethyl adjacent to an activating group) is 4. The number of rotatable bonds is 8. The minimum atomic E-state index is -0.286. The van der Waals surface area contributed by atoms with E-state index in [1.54, 1.807) is 51.6 Å². The van der Waals surface area contributed by atoms with Crippen molar-refractivity contribution in [1.82, 2.24) is 46.2 Å². The van der Waals surface area contributed by atoms with Gasteiger partial charge in [0.15, 0.2) is 23.1 Å². The van der Waals surface area contributed by atoms with Crippen LogP contribution in [0.4, 0.5) is 0 Å². The first-order valence-corrected chi connectivity index (χ1v) is 24.6. The van der Waals surface area contributed by atoms with Gasteiger partial charge in [0, 0.05) is 6.04 Å². The molecule has 0 aromatic heterocycles. The van der Waals surface area contributed by atoms with Crippen molar-refractivity contribution in [2.45, 2.75) is 227 Å². The van der Waals surface area contributed by atoms with Crippen LogP contribution >= 0.6 is 11.8 Å². The highest BCUT2D eigenvalue weighted by atomic mass is 32.2. The number of thioether (sulfide) groups is 1. The summed E-state index contributed by atoms with van der Waals surface area (Å²) < 4.78 is 5.62. The van der Waals surface area contributed by atoms with E-state index >= 15 is 0 Å². The molecule has 0 radical (unpaired) electrons. The molecule has 4 amide bonds. The lowest BCUT2D eigenvalue weighted by atomic mass is 10.1. The molecule has 400 valence electrons. The Morgan fingerprint density at radius 3 is 1.51 bits per heavy atom. The summed E-state index contributed by atoms with van der Waals surface area (Å²) in [5.74, 6) is 1.69. The maximum absolute atomic E-state index is 12.3. The molecule has 8 heterocycles. The van der Waals surface area contributed by atoms with E-state index < -0.39 is 0 Å². The molecule has 0 saturated carbocycles. The van der Waals surface area contributed by atoms with Gasteiger partial charge in [0.1, 0.15) is 6.23 Å². The summed E-state index contributed by atoms with van der Waals surface area (Å²) >= 11 is 1.81. The lowest BCUT2D eigenvalue weighted by Gasteiger charge is -2.29. The van der Waals surface area contributed by atoms with Crippen molar-refractivity contribution < 1.29 is 43.1 Å². The van der Waals surface area contributed by atoms with Crippen LogP contribution in [0.25, 0.3) is 0 Å². The molecular weight excluding hydrogens is 903 g/mol. The highest BCUT2D eigenvalue weighted by Crippen LogP contribution is 2.36. The van der Waals surface area contributed by atoms with Gasteiger partial charge in [0.25, 0.3) is 0 Å². The van der Waals surface area contributed by atoms with Gasteiger partial charge in [-0.25, -0.2) is 0 Å². The zero-order chi connectivity index (χ0) is 46.8. The fourth-order valence-electron chi connectivity index (χ4n) is 10.8. The van der Waals surface area contributed by atoms with Crippen molar-refractivity contribution in [3.8, 4) is 0 Å². The topological polar surface area (TPSA) is 219 Å². The number of ketones is 4. The fourth-order valence-corrected chi connectivity index (χ4v) is 12.1. The summed E-state index contributed by atoms with van der Waals surface area (Å²) in [6.07, 6.45) is 12.0. The molecule has 12 unspecified atom stereocenters. The van der Waals surface area contributed by atoms with Gasteiger partial charge >= 0.3 is 0 Å². The molecule has 8 aliphatic heterocycles. The normalized spacial score (nSPS) is 32.2. The molecule has 0 aliphatic carbocycles. The van der Waals surface area contributed by atoms with Crippen LogP contribution in [0.2, 0.25) is 0 Å². The Hall–Kier alpha value is -3.33. The summed E-state index contributed by atoms with van der Waals surface area (Å²) in [6, 6.07) is -1.12. The van der Waals surface area contributed by atoms with Crippen LogP contribution in [0, 0.1) is 0 Å². The molecule has 8 saturated heterocycles. The molecule has 0 aromatic carbocycles. The van der Waals surface area contributed by atoms with Crippen molar-refractivity contribution in [3.63, 3.8) is 0 Å². The van der Waals surface area contributed by atoms with Gasteiger partial charge in [-0.15, -0.1) is 11.8 Å². The van der Waals surface area contributed by atoms with Crippen LogP contribution in [0.5, 0.6) is 0 Å².